The van der Waals surface area contributed by atoms with E-state index in [-0.39, 0.29) is 28.4 Å². The molecular weight excluding hydrogens is 438 g/mol. The third-order valence-corrected chi connectivity index (χ3v) is 6.10. The van der Waals surface area contributed by atoms with Crippen molar-refractivity contribution < 1.29 is 21.9 Å². The molecular formula is C23H18F2N2O4S. The molecule has 0 radical (unpaired) electrons. The molecule has 0 atom stereocenters. The van der Waals surface area contributed by atoms with E-state index in [4.69, 9.17) is 4.74 Å². The summed E-state index contributed by atoms with van der Waals surface area (Å²) in [5, 5.41) is 0.438. The molecule has 0 aliphatic rings. The number of aromatic nitrogens is 1. The fraction of sp³-hybridized carbons (Fsp3) is 0.0870. The normalized spacial score (nSPS) is 11.5. The average molecular weight is 456 g/mol. The lowest BCUT2D eigenvalue weighted by molar-refractivity contribution is 0.436. The molecule has 1 N–H and O–H groups in total. The average Bonchev–Trinajstić information content (AvgIpc) is 2.77. The highest BCUT2D eigenvalue weighted by Crippen LogP contribution is 2.34. The Morgan fingerprint density at radius 3 is 2.47 bits per heavy atom. The smallest absolute Gasteiger partial charge is 0.232 e. The largest absolute Gasteiger partial charge is 0.452 e. The Balaban J connectivity index is 1.92. The van der Waals surface area contributed by atoms with Gasteiger partial charge in [-0.1, -0.05) is 12.1 Å². The number of nitrogens with one attached hydrogen (secondary N) is 1. The topological polar surface area (TPSA) is 77.4 Å². The van der Waals surface area contributed by atoms with Gasteiger partial charge in [0.05, 0.1) is 22.6 Å². The molecule has 4 aromatic rings. The molecule has 32 heavy (non-hydrogen) atoms. The van der Waals surface area contributed by atoms with Crippen molar-refractivity contribution in [2.75, 3.05) is 10.5 Å². The molecule has 3 aromatic carbocycles. The number of sulfonamides is 1. The maximum atomic E-state index is 14.2. The third-order valence-electron chi connectivity index (χ3n) is 4.79. The lowest BCUT2D eigenvalue weighted by Gasteiger charge is -2.18. The van der Waals surface area contributed by atoms with Gasteiger partial charge < -0.3 is 9.30 Å². The number of nitrogens with zero attached hydrogens (tertiary/aromatic N) is 1. The van der Waals surface area contributed by atoms with Crippen LogP contribution in [0.25, 0.3) is 16.6 Å². The zero-order valence-electron chi connectivity index (χ0n) is 16.9. The van der Waals surface area contributed by atoms with Crippen LogP contribution in [0.2, 0.25) is 0 Å². The summed E-state index contributed by atoms with van der Waals surface area (Å²) in [5.41, 5.74) is 0.962. The van der Waals surface area contributed by atoms with Gasteiger partial charge in [0.2, 0.25) is 10.0 Å². The second kappa shape index (κ2) is 8.43. The summed E-state index contributed by atoms with van der Waals surface area (Å²) in [5.74, 6) is -1.80. The van der Waals surface area contributed by atoms with Crippen molar-refractivity contribution in [3.8, 4) is 17.2 Å². The van der Waals surface area contributed by atoms with Crippen LogP contribution in [-0.4, -0.2) is 18.7 Å². The molecule has 6 nitrogen and oxygen atoms in total. The van der Waals surface area contributed by atoms with Gasteiger partial charge in [-0.05, 0) is 49.4 Å². The molecule has 0 spiro atoms. The van der Waals surface area contributed by atoms with Crippen LogP contribution < -0.4 is 14.9 Å². The van der Waals surface area contributed by atoms with Crippen molar-refractivity contribution in [1.82, 2.24) is 4.57 Å². The number of rotatable bonds is 6. The number of ether oxygens (including phenoxy) is 1. The molecule has 0 unspecified atom stereocenters. The fourth-order valence-electron chi connectivity index (χ4n) is 3.20. The van der Waals surface area contributed by atoms with Crippen molar-refractivity contribution in [3.63, 3.8) is 0 Å². The summed E-state index contributed by atoms with van der Waals surface area (Å²) in [6.07, 6.45) is 1.52. The number of hydrogen-bond acceptors (Lipinski definition) is 4. The predicted molar refractivity (Wildman–Crippen MR) is 119 cm³/mol. The monoisotopic (exact) mass is 456 g/mol. The molecule has 0 amide bonds. The van der Waals surface area contributed by atoms with Gasteiger partial charge in [-0.15, -0.1) is 0 Å². The lowest BCUT2D eigenvalue weighted by Crippen LogP contribution is -2.15. The van der Waals surface area contributed by atoms with Crippen LogP contribution in [0.15, 0.2) is 77.7 Å². The zero-order chi connectivity index (χ0) is 22.9. The Morgan fingerprint density at radius 2 is 1.72 bits per heavy atom. The van der Waals surface area contributed by atoms with E-state index < -0.39 is 21.7 Å². The van der Waals surface area contributed by atoms with Crippen LogP contribution in [0.4, 0.5) is 14.5 Å². The maximum Gasteiger partial charge on any atom is 0.232 e. The molecule has 9 heteroatoms. The van der Waals surface area contributed by atoms with Gasteiger partial charge in [-0.3, -0.25) is 9.52 Å². The fourth-order valence-corrected chi connectivity index (χ4v) is 3.83. The van der Waals surface area contributed by atoms with E-state index in [0.717, 1.165) is 12.1 Å². The Kier molecular flexibility index (Phi) is 5.67. The molecule has 0 aliphatic heterocycles. The molecule has 0 bridgehead atoms. The molecule has 0 saturated heterocycles. The zero-order valence-corrected chi connectivity index (χ0v) is 17.7. The molecule has 0 saturated carbocycles. The van der Waals surface area contributed by atoms with Crippen LogP contribution >= 0.6 is 0 Å². The first-order valence-corrected chi connectivity index (χ1v) is 11.3. The van der Waals surface area contributed by atoms with E-state index in [1.165, 1.54) is 37.4 Å². The Bertz CT molecular complexity index is 1480. The number of fused-ring (bicyclic) bond motifs is 1. The standard InChI is InChI=1S/C23H18F2N2O4S/c1-2-32(29,30)26-16-8-10-23(31-22-9-7-15(24)13-18(22)25)20(14-16)27-12-11-21(28)17-5-3-4-6-19(17)27/h3-14,26H,2H2,1H3. The van der Waals surface area contributed by atoms with Gasteiger partial charge in [0.25, 0.3) is 0 Å². The Hall–Kier alpha value is -3.72. The van der Waals surface area contributed by atoms with Crippen LogP contribution in [0.1, 0.15) is 6.92 Å². The second-order valence-electron chi connectivity index (χ2n) is 6.93. The lowest BCUT2D eigenvalue weighted by atomic mass is 10.2. The summed E-state index contributed by atoms with van der Waals surface area (Å²) in [6.45, 7) is 1.51. The van der Waals surface area contributed by atoms with Gasteiger partial charge in [0.15, 0.2) is 22.7 Å². The summed E-state index contributed by atoms with van der Waals surface area (Å²) in [6, 6.07) is 15.6. The van der Waals surface area contributed by atoms with Gasteiger partial charge in [-0.2, -0.15) is 0 Å². The van der Waals surface area contributed by atoms with Crippen molar-refractivity contribution >= 4 is 26.6 Å². The predicted octanol–water partition coefficient (Wildman–Crippen LogP) is 4.82. The number of hydrogen-bond donors (Lipinski definition) is 1. The molecule has 0 aliphatic carbocycles. The van der Waals surface area contributed by atoms with Crippen molar-refractivity contribution in [2.45, 2.75) is 6.92 Å². The minimum absolute atomic E-state index is 0.123. The van der Waals surface area contributed by atoms with Gasteiger partial charge in [0, 0.05) is 23.7 Å². The quantitative estimate of drug-likeness (QED) is 0.451. The van der Waals surface area contributed by atoms with E-state index in [0.29, 0.717) is 22.7 Å². The van der Waals surface area contributed by atoms with Crippen molar-refractivity contribution in [1.29, 1.82) is 0 Å². The molecule has 1 aromatic heterocycles. The number of anilines is 1. The summed E-state index contributed by atoms with van der Waals surface area (Å²) in [7, 11) is -3.56. The number of para-hydroxylation sites is 1. The maximum absolute atomic E-state index is 14.2. The third kappa shape index (κ3) is 4.33. The highest BCUT2D eigenvalue weighted by Gasteiger charge is 2.16. The van der Waals surface area contributed by atoms with Gasteiger partial charge in [0.1, 0.15) is 5.82 Å². The highest BCUT2D eigenvalue weighted by molar-refractivity contribution is 7.92. The first-order chi connectivity index (χ1) is 15.3. The number of halogens is 2. The van der Waals surface area contributed by atoms with E-state index in [1.807, 2.05) is 0 Å². The van der Waals surface area contributed by atoms with E-state index in [1.54, 1.807) is 28.8 Å². The van der Waals surface area contributed by atoms with Crippen molar-refractivity contribution in [3.05, 3.63) is 94.8 Å². The first kappa shape index (κ1) is 21.5. The van der Waals surface area contributed by atoms with Crippen LogP contribution in [0.5, 0.6) is 11.5 Å². The van der Waals surface area contributed by atoms with Gasteiger partial charge >= 0.3 is 0 Å². The van der Waals surface area contributed by atoms with Crippen molar-refractivity contribution in [2.24, 2.45) is 0 Å². The van der Waals surface area contributed by atoms with E-state index >= 15 is 0 Å². The van der Waals surface area contributed by atoms with Crippen LogP contribution in [-0.2, 0) is 10.0 Å². The Labute approximate surface area is 182 Å². The molecule has 4 rings (SSSR count). The molecule has 0 fully saturated rings. The van der Waals surface area contributed by atoms with E-state index in [2.05, 4.69) is 4.72 Å². The number of benzene rings is 3. The molecule has 1 heterocycles. The summed E-state index contributed by atoms with van der Waals surface area (Å²) >= 11 is 0. The second-order valence-corrected chi connectivity index (χ2v) is 8.94. The summed E-state index contributed by atoms with van der Waals surface area (Å²) in [4.78, 5) is 12.3. The minimum atomic E-state index is -3.56. The van der Waals surface area contributed by atoms with Crippen LogP contribution in [0, 0.1) is 11.6 Å². The van der Waals surface area contributed by atoms with Crippen LogP contribution in [0.3, 0.4) is 0 Å². The Morgan fingerprint density at radius 1 is 0.969 bits per heavy atom. The minimum Gasteiger partial charge on any atom is -0.452 e. The highest BCUT2D eigenvalue weighted by atomic mass is 32.2. The van der Waals surface area contributed by atoms with Gasteiger partial charge in [-0.25, -0.2) is 17.2 Å². The molecule has 164 valence electrons. The summed E-state index contributed by atoms with van der Waals surface area (Å²) < 4.78 is 61.4. The first-order valence-electron chi connectivity index (χ1n) is 9.65. The van der Waals surface area contributed by atoms with E-state index in [9.17, 15) is 22.0 Å². The number of pyridine rings is 1. The SMILES string of the molecule is CCS(=O)(=O)Nc1ccc(Oc2ccc(F)cc2F)c(-n2ccc(=O)c3ccccc32)c1.